The quantitative estimate of drug-likeness (QED) is 0.799. The summed E-state index contributed by atoms with van der Waals surface area (Å²) in [5.41, 5.74) is 5.96. The normalized spacial score (nSPS) is 17.8. The maximum Gasteiger partial charge on any atom is 0.216 e. The van der Waals surface area contributed by atoms with E-state index in [0.29, 0.717) is 31.4 Å². The molecular weight excluding hydrogens is 340 g/mol. The summed E-state index contributed by atoms with van der Waals surface area (Å²) in [5, 5.41) is 13.7. The van der Waals surface area contributed by atoms with Gasteiger partial charge in [0.15, 0.2) is 11.5 Å². The Morgan fingerprint density at radius 1 is 1.30 bits per heavy atom. The van der Waals surface area contributed by atoms with Crippen molar-refractivity contribution in [3.8, 4) is 22.6 Å². The molecule has 0 saturated heterocycles. The number of likely N-dealkylation sites (N-methyl/N-ethyl adjacent to an activating group) is 1. The van der Waals surface area contributed by atoms with Gasteiger partial charge in [0.05, 0.1) is 6.61 Å². The number of carbonyl (C=O) groups is 1. The van der Waals surface area contributed by atoms with Crippen LogP contribution in [0.5, 0.6) is 11.5 Å². The molecule has 0 aromatic heterocycles. The van der Waals surface area contributed by atoms with E-state index in [1.54, 1.807) is 0 Å². The van der Waals surface area contributed by atoms with Crippen LogP contribution in [0.2, 0.25) is 0 Å². The van der Waals surface area contributed by atoms with Crippen LogP contribution >= 0.6 is 0 Å². The number of amides is 1. The summed E-state index contributed by atoms with van der Waals surface area (Å²) >= 11 is 0. The van der Waals surface area contributed by atoms with Crippen molar-refractivity contribution in [1.82, 2.24) is 10.2 Å². The van der Waals surface area contributed by atoms with Crippen molar-refractivity contribution in [3.05, 3.63) is 47.0 Å². The zero-order valence-corrected chi connectivity index (χ0v) is 15.9. The van der Waals surface area contributed by atoms with Gasteiger partial charge in [-0.05, 0) is 54.6 Å². The third kappa shape index (κ3) is 3.28. The molecule has 0 unspecified atom stereocenters. The highest BCUT2D eigenvalue weighted by molar-refractivity contribution is 5.82. The zero-order valence-electron chi connectivity index (χ0n) is 15.9. The Morgan fingerprint density at radius 2 is 2.15 bits per heavy atom. The highest BCUT2D eigenvalue weighted by Crippen LogP contribution is 2.50. The van der Waals surface area contributed by atoms with Crippen LogP contribution in [-0.4, -0.2) is 42.7 Å². The van der Waals surface area contributed by atoms with Gasteiger partial charge in [-0.15, -0.1) is 0 Å². The third-order valence-corrected chi connectivity index (χ3v) is 5.66. The van der Waals surface area contributed by atoms with Crippen molar-refractivity contribution in [2.24, 2.45) is 0 Å². The lowest BCUT2D eigenvalue weighted by Crippen LogP contribution is -2.35. The molecule has 0 bridgehead atoms. The van der Waals surface area contributed by atoms with Crippen LogP contribution in [0.4, 0.5) is 0 Å². The average Bonchev–Trinajstić information content (AvgIpc) is 2.65. The third-order valence-electron chi connectivity index (χ3n) is 5.66. The fourth-order valence-electron chi connectivity index (χ4n) is 4.30. The molecule has 1 aliphatic heterocycles. The Kier molecular flexibility index (Phi) is 4.79. The van der Waals surface area contributed by atoms with Crippen molar-refractivity contribution in [1.29, 1.82) is 0 Å². The first-order valence-corrected chi connectivity index (χ1v) is 9.60. The minimum atomic E-state index is -0.0417. The molecule has 0 radical (unpaired) electrons. The van der Waals surface area contributed by atoms with Gasteiger partial charge < -0.3 is 15.2 Å². The largest absolute Gasteiger partial charge is 0.504 e. The number of aromatic hydroxyl groups is 1. The molecule has 2 aromatic rings. The van der Waals surface area contributed by atoms with E-state index in [4.69, 9.17) is 4.74 Å². The topological polar surface area (TPSA) is 61.8 Å². The maximum atomic E-state index is 11.0. The lowest BCUT2D eigenvalue weighted by atomic mass is 9.77. The summed E-state index contributed by atoms with van der Waals surface area (Å²) < 4.78 is 5.81. The Balaban J connectivity index is 1.62. The fourth-order valence-corrected chi connectivity index (χ4v) is 4.30. The van der Waals surface area contributed by atoms with Crippen LogP contribution in [0.1, 0.15) is 36.1 Å². The molecule has 5 heteroatoms. The first-order valence-electron chi connectivity index (χ1n) is 9.60. The van der Waals surface area contributed by atoms with Crippen LogP contribution in [0, 0.1) is 0 Å². The minimum absolute atomic E-state index is 0.0417. The average molecular weight is 366 g/mol. The van der Waals surface area contributed by atoms with Gasteiger partial charge in [-0.25, -0.2) is 0 Å². The molecule has 2 aliphatic rings. The van der Waals surface area contributed by atoms with Crippen molar-refractivity contribution < 1.29 is 14.6 Å². The molecule has 2 aromatic carbocycles. The van der Waals surface area contributed by atoms with E-state index in [-0.39, 0.29) is 11.7 Å². The number of ether oxygens (including phenoxy) is 1. The smallest absolute Gasteiger partial charge is 0.216 e. The second kappa shape index (κ2) is 7.24. The zero-order chi connectivity index (χ0) is 19.0. The van der Waals surface area contributed by atoms with E-state index in [2.05, 4.69) is 41.5 Å². The molecular formula is C22H26N2O3. The molecule has 1 atom stereocenters. The molecule has 2 N–H and O–H groups in total. The van der Waals surface area contributed by atoms with Crippen LogP contribution in [0.15, 0.2) is 30.3 Å². The molecule has 142 valence electrons. The number of fused-ring (bicyclic) bond motifs is 2. The van der Waals surface area contributed by atoms with Crippen LogP contribution in [-0.2, 0) is 17.6 Å². The summed E-state index contributed by atoms with van der Waals surface area (Å²) in [7, 11) is 2.18. The second-order valence-electron chi connectivity index (χ2n) is 7.46. The molecule has 1 heterocycles. The van der Waals surface area contributed by atoms with Crippen molar-refractivity contribution in [3.63, 3.8) is 0 Å². The Morgan fingerprint density at radius 3 is 2.96 bits per heavy atom. The van der Waals surface area contributed by atoms with Crippen molar-refractivity contribution in [2.75, 3.05) is 26.7 Å². The van der Waals surface area contributed by atoms with E-state index >= 15 is 0 Å². The highest BCUT2D eigenvalue weighted by atomic mass is 16.5. The van der Waals surface area contributed by atoms with Gasteiger partial charge in [0, 0.05) is 31.6 Å². The monoisotopic (exact) mass is 366 g/mol. The number of phenols is 1. The van der Waals surface area contributed by atoms with Gasteiger partial charge in [0.25, 0.3) is 0 Å². The van der Waals surface area contributed by atoms with E-state index in [0.717, 1.165) is 30.5 Å². The summed E-state index contributed by atoms with van der Waals surface area (Å²) in [6, 6.07) is 10.7. The lowest BCUT2D eigenvalue weighted by Gasteiger charge is -2.40. The number of phenolic OH excluding ortho intramolecular Hbond substituents is 1. The number of benzene rings is 2. The van der Waals surface area contributed by atoms with Gasteiger partial charge >= 0.3 is 0 Å². The molecule has 0 saturated carbocycles. The highest BCUT2D eigenvalue weighted by Gasteiger charge is 2.34. The van der Waals surface area contributed by atoms with Gasteiger partial charge in [0.1, 0.15) is 0 Å². The predicted octanol–water partition coefficient (Wildman–Crippen LogP) is 3.05. The summed E-state index contributed by atoms with van der Waals surface area (Å²) in [4.78, 5) is 13.3. The predicted molar refractivity (Wildman–Crippen MR) is 105 cm³/mol. The second-order valence-corrected chi connectivity index (χ2v) is 7.46. The van der Waals surface area contributed by atoms with Gasteiger partial charge in [-0.2, -0.15) is 0 Å². The van der Waals surface area contributed by atoms with Gasteiger partial charge in [0.2, 0.25) is 5.91 Å². The fraction of sp³-hybridized carbons (Fsp3) is 0.409. The molecule has 5 nitrogen and oxygen atoms in total. The molecule has 0 spiro atoms. The first kappa shape index (κ1) is 17.9. The number of hydrogen-bond acceptors (Lipinski definition) is 4. The van der Waals surface area contributed by atoms with Crippen LogP contribution in [0.3, 0.4) is 0 Å². The Hall–Kier alpha value is -2.53. The van der Waals surface area contributed by atoms with E-state index in [1.807, 2.05) is 6.07 Å². The van der Waals surface area contributed by atoms with Gasteiger partial charge in [-0.1, -0.05) is 24.3 Å². The van der Waals surface area contributed by atoms with Crippen LogP contribution in [0.25, 0.3) is 11.1 Å². The van der Waals surface area contributed by atoms with Crippen molar-refractivity contribution >= 4 is 5.91 Å². The SMILES string of the molecule is CC(=O)NCCCOc1ccc2c(c1O)-c1cccc3c1[C@@H](C2)N(C)CC3. The molecule has 0 fully saturated rings. The maximum absolute atomic E-state index is 11.0. The van der Waals surface area contributed by atoms with E-state index < -0.39 is 0 Å². The molecule has 1 amide bonds. The van der Waals surface area contributed by atoms with Gasteiger partial charge in [-0.3, -0.25) is 9.69 Å². The van der Waals surface area contributed by atoms with Crippen LogP contribution < -0.4 is 10.1 Å². The number of hydrogen-bond donors (Lipinski definition) is 2. The number of nitrogens with one attached hydrogen (secondary N) is 1. The number of carbonyl (C=O) groups excluding carboxylic acids is 1. The molecule has 27 heavy (non-hydrogen) atoms. The Bertz CT molecular complexity index is 878. The van der Waals surface area contributed by atoms with Crippen molar-refractivity contribution in [2.45, 2.75) is 32.2 Å². The van der Waals surface area contributed by atoms with E-state index in [9.17, 15) is 9.90 Å². The van der Waals surface area contributed by atoms with E-state index in [1.165, 1.54) is 23.6 Å². The Labute approximate surface area is 160 Å². The molecule has 1 aliphatic carbocycles. The summed E-state index contributed by atoms with van der Waals surface area (Å²) in [5.74, 6) is 0.698. The summed E-state index contributed by atoms with van der Waals surface area (Å²) in [6.07, 6.45) is 2.65. The summed E-state index contributed by atoms with van der Waals surface area (Å²) in [6.45, 7) is 3.59. The lowest BCUT2D eigenvalue weighted by molar-refractivity contribution is -0.118. The number of rotatable bonds is 5. The first-order chi connectivity index (χ1) is 13.1. The number of nitrogens with zero attached hydrogens (tertiary/aromatic N) is 1. The standard InChI is InChI=1S/C22H26N2O3/c1-14(25)23-10-4-12-27-19-8-7-16-13-18-20-15(9-11-24(18)2)5-3-6-17(20)21(16)22(19)26/h3,5-8,18,26H,4,9-13H2,1-2H3,(H,23,25)/t18-/m1/s1. The molecule has 4 rings (SSSR count). The minimum Gasteiger partial charge on any atom is -0.504 e.